The van der Waals surface area contributed by atoms with E-state index in [2.05, 4.69) is 32.9 Å². The summed E-state index contributed by atoms with van der Waals surface area (Å²) >= 11 is 8.15. The number of amides is 3. The van der Waals surface area contributed by atoms with Crippen molar-refractivity contribution >= 4 is 84.1 Å². The number of para-hydroxylation sites is 1. The molecule has 0 bridgehead atoms. The van der Waals surface area contributed by atoms with Crippen LogP contribution in [0, 0.1) is 6.92 Å². The molecule has 12 heteroatoms. The molecule has 1 unspecified atom stereocenters. The molecule has 5 heterocycles. The number of hydrogen-bond donors (Lipinski definition) is 5. The van der Waals surface area contributed by atoms with Crippen LogP contribution in [0.1, 0.15) is 49.6 Å². The molecule has 3 aromatic carbocycles. The number of thiophene rings is 1. The topological polar surface area (TPSA) is 134 Å². The fourth-order valence-electron chi connectivity index (χ4n) is 7.10. The summed E-state index contributed by atoms with van der Waals surface area (Å²) in [5.74, 6) is -0.183. The lowest BCUT2D eigenvalue weighted by atomic mass is 9.92. The molecule has 2 aliphatic rings. The third-order valence-electron chi connectivity index (χ3n) is 9.34. The van der Waals surface area contributed by atoms with Crippen molar-refractivity contribution in [1.82, 2.24) is 20.2 Å². The van der Waals surface area contributed by atoms with Gasteiger partial charge < -0.3 is 30.6 Å². The van der Waals surface area contributed by atoms with E-state index >= 15 is 0 Å². The van der Waals surface area contributed by atoms with Gasteiger partial charge in [0.15, 0.2) is 0 Å². The van der Waals surface area contributed by atoms with E-state index in [4.69, 9.17) is 11.6 Å². The molecule has 1 saturated heterocycles. The summed E-state index contributed by atoms with van der Waals surface area (Å²) in [7, 11) is 0. The van der Waals surface area contributed by atoms with Crippen molar-refractivity contribution in [3.8, 4) is 0 Å². The Morgan fingerprint density at radius 2 is 1.81 bits per heavy atom. The van der Waals surface area contributed by atoms with E-state index in [0.717, 1.165) is 54.3 Å². The van der Waals surface area contributed by atoms with Crippen LogP contribution in [0.15, 0.2) is 66.0 Å². The van der Waals surface area contributed by atoms with Crippen LogP contribution in [0.25, 0.3) is 31.9 Å². The summed E-state index contributed by atoms with van der Waals surface area (Å²) in [4.78, 5) is 49.2. The van der Waals surface area contributed by atoms with Gasteiger partial charge >= 0.3 is 6.09 Å². The van der Waals surface area contributed by atoms with Gasteiger partial charge in [-0.15, -0.1) is 22.9 Å². The molecule has 0 spiro atoms. The number of carbonyl (C=O) groups excluding carboxylic acids is 2. The highest BCUT2D eigenvalue weighted by Crippen LogP contribution is 2.48. The van der Waals surface area contributed by atoms with Crippen LogP contribution in [-0.2, 0) is 0 Å². The van der Waals surface area contributed by atoms with Crippen LogP contribution in [0.3, 0.4) is 0 Å². The molecule has 1 fully saturated rings. The maximum atomic E-state index is 14.3. The number of hydrogen-bond acceptors (Lipinski definition) is 5. The lowest BCUT2D eigenvalue weighted by Gasteiger charge is -2.35. The van der Waals surface area contributed by atoms with E-state index in [1.807, 2.05) is 48.5 Å². The van der Waals surface area contributed by atoms with Gasteiger partial charge in [0.2, 0.25) is 0 Å². The SMILES string of the molecule is Cc1csc2c(C3CNCCN3C(=O)O)cc3c(c12)[C@H](CCl)CN3C(=O)c1cc2cc(NC(=O)c3cc4ccccc4[nH]3)ccc2[nH]1. The first-order valence-corrected chi connectivity index (χ1v) is 16.9. The first-order valence-electron chi connectivity index (χ1n) is 15.4. The Hall–Kier alpha value is -4.84. The molecule has 3 aromatic heterocycles. The van der Waals surface area contributed by atoms with E-state index in [9.17, 15) is 19.5 Å². The summed E-state index contributed by atoms with van der Waals surface area (Å²) in [5, 5.41) is 21.2. The maximum Gasteiger partial charge on any atom is 0.407 e. The summed E-state index contributed by atoms with van der Waals surface area (Å²) in [6.07, 6.45) is -0.958. The summed E-state index contributed by atoms with van der Waals surface area (Å²) in [6, 6.07) is 18.5. The van der Waals surface area contributed by atoms with Gasteiger partial charge in [-0.3, -0.25) is 14.5 Å². The van der Waals surface area contributed by atoms with Gasteiger partial charge in [-0.05, 0) is 71.5 Å². The van der Waals surface area contributed by atoms with Crippen molar-refractivity contribution in [2.24, 2.45) is 0 Å². The monoisotopic (exact) mass is 666 g/mol. The maximum absolute atomic E-state index is 14.3. The number of aryl methyl sites for hydroxylation is 1. The van der Waals surface area contributed by atoms with Gasteiger partial charge in [-0.1, -0.05) is 18.2 Å². The predicted octanol–water partition coefficient (Wildman–Crippen LogP) is 7.03. The minimum Gasteiger partial charge on any atom is -0.465 e. The lowest BCUT2D eigenvalue weighted by Crippen LogP contribution is -2.48. The van der Waals surface area contributed by atoms with Crippen LogP contribution in [-0.4, -0.2) is 69.9 Å². The molecule has 0 radical (unpaired) electrons. The zero-order valence-corrected chi connectivity index (χ0v) is 27.0. The van der Waals surface area contributed by atoms with E-state index < -0.39 is 6.09 Å². The van der Waals surface area contributed by atoms with E-state index in [0.29, 0.717) is 49.1 Å². The fraction of sp³-hybridized carbons (Fsp3) is 0.229. The fourth-order valence-corrected chi connectivity index (χ4v) is 8.48. The minimum atomic E-state index is -0.958. The third kappa shape index (κ3) is 4.93. The zero-order chi connectivity index (χ0) is 32.4. The second kappa shape index (κ2) is 11.4. The van der Waals surface area contributed by atoms with Gasteiger partial charge in [-0.2, -0.15) is 0 Å². The molecule has 5 N–H and O–H groups in total. The highest BCUT2D eigenvalue weighted by Gasteiger charge is 2.38. The van der Waals surface area contributed by atoms with Gasteiger partial charge in [0.1, 0.15) is 11.4 Å². The zero-order valence-electron chi connectivity index (χ0n) is 25.4. The molecule has 8 rings (SSSR count). The number of aromatic nitrogens is 2. The molecule has 0 saturated carbocycles. The largest absolute Gasteiger partial charge is 0.465 e. The molecular formula is C35H31ClN6O4S. The van der Waals surface area contributed by atoms with Gasteiger partial charge in [0, 0.05) is 81.2 Å². The number of nitrogens with one attached hydrogen (secondary N) is 4. The third-order valence-corrected chi connectivity index (χ3v) is 10.9. The number of carbonyl (C=O) groups is 3. The number of halogens is 1. The van der Waals surface area contributed by atoms with E-state index in [1.165, 1.54) is 4.90 Å². The molecular weight excluding hydrogens is 636 g/mol. The average molecular weight is 667 g/mol. The Balaban J connectivity index is 1.13. The summed E-state index contributed by atoms with van der Waals surface area (Å²) in [5.41, 5.74) is 6.92. The quantitative estimate of drug-likeness (QED) is 0.126. The first kappa shape index (κ1) is 29.6. The van der Waals surface area contributed by atoms with Crippen LogP contribution in [0.5, 0.6) is 0 Å². The Labute approximate surface area is 278 Å². The number of alkyl halides is 1. The van der Waals surface area contributed by atoms with Gasteiger partial charge in [-0.25, -0.2) is 4.79 Å². The van der Waals surface area contributed by atoms with Gasteiger partial charge in [0.25, 0.3) is 11.8 Å². The molecule has 2 atom stereocenters. The summed E-state index contributed by atoms with van der Waals surface area (Å²) in [6.45, 7) is 3.94. The average Bonchev–Trinajstić information content (AvgIpc) is 3.87. The van der Waals surface area contributed by atoms with Crippen LogP contribution < -0.4 is 15.5 Å². The molecule has 3 amide bonds. The van der Waals surface area contributed by atoms with Crippen molar-refractivity contribution in [3.05, 3.63) is 94.1 Å². The molecule has 10 nitrogen and oxygen atoms in total. The number of fused-ring (bicyclic) bond motifs is 5. The standard InChI is InChI=1S/C35H31ClN6O4S/c1-18-17-47-32-23(29-15-37-8-9-41(29)35(45)46)13-28-31(30(18)32)21(14-36)16-42(28)34(44)27-12-20-10-22(6-7-25(20)40-27)38-33(43)26-11-19-4-2-3-5-24(19)39-26/h2-7,10-13,17,21,29,37,39-40H,8-9,14-16H2,1H3,(H,38,43)(H,45,46)/t21-,29?/m1/s1. The lowest BCUT2D eigenvalue weighted by molar-refractivity contribution is 0.0982. The molecule has 2 aliphatic heterocycles. The predicted molar refractivity (Wildman–Crippen MR) is 187 cm³/mol. The Morgan fingerprint density at radius 1 is 1.02 bits per heavy atom. The highest BCUT2D eigenvalue weighted by atomic mass is 35.5. The van der Waals surface area contributed by atoms with Crippen molar-refractivity contribution < 1.29 is 19.5 Å². The van der Waals surface area contributed by atoms with Crippen LogP contribution in [0.2, 0.25) is 0 Å². The normalized spacial score (nSPS) is 17.9. The Bertz CT molecular complexity index is 2200. The van der Waals surface area contributed by atoms with E-state index in [-0.39, 0.29) is 23.8 Å². The molecule has 238 valence electrons. The van der Waals surface area contributed by atoms with Crippen molar-refractivity contribution in [3.63, 3.8) is 0 Å². The molecule has 0 aliphatic carbocycles. The van der Waals surface area contributed by atoms with Crippen molar-refractivity contribution in [1.29, 1.82) is 0 Å². The number of aromatic amines is 2. The van der Waals surface area contributed by atoms with E-state index in [1.54, 1.807) is 28.4 Å². The second-order valence-corrected chi connectivity index (χ2v) is 13.4. The van der Waals surface area contributed by atoms with Gasteiger partial charge in [0.05, 0.1) is 6.04 Å². The highest BCUT2D eigenvalue weighted by molar-refractivity contribution is 7.17. The van der Waals surface area contributed by atoms with Crippen LogP contribution >= 0.6 is 22.9 Å². The van der Waals surface area contributed by atoms with Crippen molar-refractivity contribution in [2.75, 3.05) is 42.3 Å². The number of H-pyrrole nitrogens is 2. The Morgan fingerprint density at radius 3 is 2.62 bits per heavy atom. The van der Waals surface area contributed by atoms with Crippen molar-refractivity contribution in [2.45, 2.75) is 18.9 Å². The minimum absolute atomic E-state index is 0.0728. The Kier molecular flexibility index (Phi) is 7.20. The smallest absolute Gasteiger partial charge is 0.407 e. The number of piperazine rings is 1. The first-order chi connectivity index (χ1) is 22.8. The second-order valence-electron chi connectivity index (χ2n) is 12.2. The number of nitrogens with zero attached hydrogens (tertiary/aromatic N) is 2. The number of carboxylic acid groups (broad SMARTS) is 1. The number of anilines is 2. The van der Waals surface area contributed by atoms with Crippen LogP contribution in [0.4, 0.5) is 16.2 Å². The summed E-state index contributed by atoms with van der Waals surface area (Å²) < 4.78 is 1.04. The molecule has 6 aromatic rings. The number of benzene rings is 3. The number of rotatable bonds is 5. The molecule has 47 heavy (non-hydrogen) atoms.